The van der Waals surface area contributed by atoms with E-state index in [0.717, 1.165) is 59.2 Å². The van der Waals surface area contributed by atoms with Crippen molar-refractivity contribution in [2.45, 2.75) is 82.2 Å². The molecule has 0 spiro atoms. The molecule has 15 nitrogen and oxygen atoms in total. The van der Waals surface area contributed by atoms with Crippen LogP contribution in [0.5, 0.6) is 0 Å². The fourth-order valence-electron chi connectivity index (χ4n) is 7.94. The van der Waals surface area contributed by atoms with Gasteiger partial charge < -0.3 is 44.4 Å². The highest BCUT2D eigenvalue weighted by molar-refractivity contribution is 6.03. The van der Waals surface area contributed by atoms with Gasteiger partial charge in [-0.1, -0.05) is 48.5 Å². The number of carbonyl (C=O) groups excluding carboxylic acids is 4. The Labute approximate surface area is 352 Å². The Hall–Kier alpha value is -5.75. The quantitative estimate of drug-likeness (QED) is 0.129. The lowest BCUT2D eigenvalue weighted by molar-refractivity contribution is -0.174. The summed E-state index contributed by atoms with van der Waals surface area (Å²) in [6.07, 6.45) is 1.22. The summed E-state index contributed by atoms with van der Waals surface area (Å²) < 4.78 is 57.3. The number of aromatic amines is 1. The Morgan fingerprint density at radius 1 is 0.787 bits per heavy atom. The lowest BCUT2D eigenvalue weighted by Crippen LogP contribution is -2.52. The maximum absolute atomic E-state index is 13.7. The molecule has 0 bridgehead atoms. The summed E-state index contributed by atoms with van der Waals surface area (Å²) in [7, 11) is 2.41. The molecule has 6 rings (SSSR count). The van der Waals surface area contributed by atoms with Crippen LogP contribution in [-0.4, -0.2) is 128 Å². The summed E-state index contributed by atoms with van der Waals surface area (Å²) >= 11 is 0. The average molecular weight is 852 g/mol. The smallest absolute Gasteiger partial charge is 0.411 e. The lowest BCUT2D eigenvalue weighted by atomic mass is 9.96. The summed E-state index contributed by atoms with van der Waals surface area (Å²) in [5, 5.41) is 5.11. The Morgan fingerprint density at radius 3 is 1.87 bits per heavy atom. The number of halogens is 3. The molecule has 0 saturated carbocycles. The van der Waals surface area contributed by atoms with Crippen LogP contribution in [0.15, 0.2) is 65.9 Å². The normalized spacial score (nSPS) is 18.7. The van der Waals surface area contributed by atoms with E-state index in [1.54, 1.807) is 11.1 Å². The van der Waals surface area contributed by atoms with Crippen molar-refractivity contribution in [3.63, 3.8) is 0 Å². The number of aliphatic imine (C=N–C) groups is 1. The minimum atomic E-state index is -4.51. The fraction of sp³-hybridized carbons (Fsp3) is 0.488. The van der Waals surface area contributed by atoms with Crippen molar-refractivity contribution in [1.29, 1.82) is 0 Å². The molecule has 3 N–H and O–H groups in total. The maximum Gasteiger partial charge on any atom is 0.411 e. The van der Waals surface area contributed by atoms with E-state index in [2.05, 4.69) is 49.6 Å². The molecule has 2 saturated heterocycles. The highest BCUT2D eigenvalue weighted by atomic mass is 19.4. The predicted octanol–water partition coefficient (Wildman–Crippen LogP) is 6.43. The SMILES string of the molecule is CCOCC[C@H](NC(=O)OC)C(=O)N1CCC[C@H]1C1=NC=C(c2ccc(-c3ccc(-c4cnc([C@@H]5CCCN5C(=O)[C@H](CCOCC(F)(F)F)NC(=O)OC)[nH]4)cc3)cc2)C1. The molecular formula is C43H52F3N7O8. The Kier molecular flexibility index (Phi) is 15.2. The molecule has 0 unspecified atom stereocenters. The van der Waals surface area contributed by atoms with Gasteiger partial charge in [0.15, 0.2) is 0 Å². The molecule has 1 aromatic heterocycles. The first kappa shape index (κ1) is 44.8. The first-order valence-corrected chi connectivity index (χ1v) is 20.4. The summed E-state index contributed by atoms with van der Waals surface area (Å²) in [6, 6.07) is 13.7. The number of nitrogens with zero attached hydrogens (tertiary/aromatic N) is 4. The van der Waals surface area contributed by atoms with Crippen LogP contribution < -0.4 is 10.6 Å². The first-order valence-electron chi connectivity index (χ1n) is 20.4. The fourth-order valence-corrected chi connectivity index (χ4v) is 7.94. The zero-order valence-electron chi connectivity index (χ0n) is 34.5. The largest absolute Gasteiger partial charge is 0.453 e. The van der Waals surface area contributed by atoms with Crippen molar-refractivity contribution in [1.82, 2.24) is 30.4 Å². The molecule has 2 fully saturated rings. The number of hydrogen-bond donors (Lipinski definition) is 3. The Bertz CT molecular complexity index is 2050. The number of allylic oxidation sites excluding steroid dienone is 1. The van der Waals surface area contributed by atoms with Crippen LogP contribution in [0.1, 0.15) is 69.3 Å². The van der Waals surface area contributed by atoms with Crippen LogP contribution in [-0.2, 0) is 28.5 Å². The summed E-state index contributed by atoms with van der Waals surface area (Å²) in [5.74, 6) is -0.0739. The van der Waals surface area contributed by atoms with Crippen LogP contribution in [0.25, 0.3) is 28.0 Å². The molecule has 4 atom stereocenters. The number of nitrogens with one attached hydrogen (secondary N) is 3. The number of hydrogen-bond acceptors (Lipinski definition) is 10. The van der Waals surface area contributed by atoms with Gasteiger partial charge in [-0.25, -0.2) is 14.6 Å². The van der Waals surface area contributed by atoms with E-state index in [-0.39, 0.29) is 18.4 Å². The third kappa shape index (κ3) is 11.5. The lowest BCUT2D eigenvalue weighted by Gasteiger charge is -2.29. The van der Waals surface area contributed by atoms with Gasteiger partial charge in [-0.15, -0.1) is 0 Å². The van der Waals surface area contributed by atoms with Gasteiger partial charge >= 0.3 is 18.4 Å². The molecule has 2 aromatic carbocycles. The molecular weight excluding hydrogens is 800 g/mol. The number of benzene rings is 2. The molecule has 0 radical (unpaired) electrons. The number of amides is 4. The number of alkyl carbamates (subject to hydrolysis) is 2. The van der Waals surface area contributed by atoms with E-state index >= 15 is 0 Å². The number of rotatable bonds is 17. The van der Waals surface area contributed by atoms with Crippen LogP contribution in [0.3, 0.4) is 0 Å². The average Bonchev–Trinajstić information content (AvgIpc) is 4.11. The minimum Gasteiger partial charge on any atom is -0.453 e. The molecule has 18 heteroatoms. The molecule has 328 valence electrons. The zero-order valence-corrected chi connectivity index (χ0v) is 34.5. The van der Waals surface area contributed by atoms with Gasteiger partial charge in [0.2, 0.25) is 11.8 Å². The first-order chi connectivity index (χ1) is 29.4. The summed E-state index contributed by atoms with van der Waals surface area (Å²) in [4.78, 5) is 67.4. The third-order valence-electron chi connectivity index (χ3n) is 11.0. The van der Waals surface area contributed by atoms with Crippen LogP contribution in [0, 0.1) is 0 Å². The minimum absolute atomic E-state index is 0.158. The molecule has 61 heavy (non-hydrogen) atoms. The predicted molar refractivity (Wildman–Crippen MR) is 219 cm³/mol. The van der Waals surface area contributed by atoms with Crippen LogP contribution in [0.2, 0.25) is 0 Å². The number of imidazole rings is 1. The van der Waals surface area contributed by atoms with Gasteiger partial charge in [-0.05, 0) is 60.4 Å². The maximum atomic E-state index is 13.7. The molecule has 0 aliphatic carbocycles. The van der Waals surface area contributed by atoms with E-state index in [9.17, 15) is 32.3 Å². The van der Waals surface area contributed by atoms with Gasteiger partial charge in [-0.2, -0.15) is 13.2 Å². The standard InChI is InChI=1S/C43H52F3N7O8/c1-4-60-21-17-32(50-41(56)58-2)39(54)52-19-5-7-36(52)34-23-31(24-47-34)29-11-9-27(10-12-29)28-13-15-30(16-14-28)35-25-48-38(49-35)37-8-6-20-53(37)40(55)33(51-42(57)59-3)18-22-61-26-43(44,45)46/h9-16,24-25,32-33,36-37H,4-8,17-23,26H2,1-3H3,(H,48,49)(H,50,56)(H,51,57)/t32-,33-,36-,37-/m0/s1. The third-order valence-corrected chi connectivity index (χ3v) is 11.0. The number of alkyl halides is 3. The monoisotopic (exact) mass is 851 g/mol. The molecule has 3 aromatic rings. The second-order valence-corrected chi connectivity index (χ2v) is 15.0. The van der Waals surface area contributed by atoms with Crippen LogP contribution >= 0.6 is 0 Å². The van der Waals surface area contributed by atoms with E-state index in [1.165, 1.54) is 7.11 Å². The van der Waals surface area contributed by atoms with Gasteiger partial charge in [-0.3, -0.25) is 14.6 Å². The van der Waals surface area contributed by atoms with E-state index in [4.69, 9.17) is 19.2 Å². The molecule has 4 heterocycles. The van der Waals surface area contributed by atoms with Crippen molar-refractivity contribution in [3.8, 4) is 22.4 Å². The van der Waals surface area contributed by atoms with Crippen molar-refractivity contribution in [2.75, 3.05) is 53.7 Å². The summed E-state index contributed by atoms with van der Waals surface area (Å²) in [5.41, 5.74) is 6.65. The molecule has 3 aliphatic rings. The number of carbonyl (C=O) groups is 4. The topological polar surface area (TPSA) is 177 Å². The van der Waals surface area contributed by atoms with Crippen LogP contribution in [0.4, 0.5) is 22.8 Å². The Balaban J connectivity index is 1.05. The van der Waals surface area contributed by atoms with E-state index in [1.807, 2.05) is 42.3 Å². The Morgan fingerprint density at radius 2 is 1.31 bits per heavy atom. The zero-order chi connectivity index (χ0) is 43.5. The van der Waals surface area contributed by atoms with Crippen molar-refractivity contribution < 1.29 is 51.3 Å². The summed E-state index contributed by atoms with van der Waals surface area (Å²) in [6.45, 7) is 1.84. The van der Waals surface area contributed by atoms with Crippen molar-refractivity contribution in [3.05, 3.63) is 72.3 Å². The number of H-pyrrole nitrogens is 1. The molecule has 3 aliphatic heterocycles. The molecule has 4 amide bonds. The van der Waals surface area contributed by atoms with E-state index < -0.39 is 55.6 Å². The number of likely N-dealkylation sites (tertiary alicyclic amines) is 2. The number of ether oxygens (including phenoxy) is 4. The van der Waals surface area contributed by atoms with Crippen molar-refractivity contribution in [2.24, 2.45) is 4.99 Å². The van der Waals surface area contributed by atoms with Gasteiger partial charge in [0.25, 0.3) is 0 Å². The highest BCUT2D eigenvalue weighted by Crippen LogP contribution is 2.34. The van der Waals surface area contributed by atoms with Gasteiger partial charge in [0, 0.05) is 64.1 Å². The van der Waals surface area contributed by atoms with Gasteiger partial charge in [0.05, 0.1) is 38.2 Å². The van der Waals surface area contributed by atoms with Gasteiger partial charge in [0.1, 0.15) is 24.5 Å². The van der Waals surface area contributed by atoms with Crippen molar-refractivity contribution >= 4 is 35.3 Å². The number of methoxy groups -OCH3 is 2. The second-order valence-electron chi connectivity index (χ2n) is 15.0. The number of aromatic nitrogens is 2. The second kappa shape index (κ2) is 20.7. The van der Waals surface area contributed by atoms with E-state index in [0.29, 0.717) is 57.8 Å². The highest BCUT2D eigenvalue weighted by Gasteiger charge is 2.39.